The first-order valence-electron chi connectivity index (χ1n) is 9.78. The summed E-state index contributed by atoms with van der Waals surface area (Å²) in [5.41, 5.74) is 2.71. The first-order chi connectivity index (χ1) is 12.7. The van der Waals surface area contributed by atoms with Crippen molar-refractivity contribution in [3.05, 3.63) is 59.7 Å². The van der Waals surface area contributed by atoms with E-state index in [1.807, 2.05) is 42.5 Å². The van der Waals surface area contributed by atoms with Crippen LogP contribution in [0.3, 0.4) is 0 Å². The van der Waals surface area contributed by atoms with Gasteiger partial charge < -0.3 is 10.1 Å². The maximum Gasteiger partial charge on any atom is 0.255 e. The lowest BCUT2D eigenvalue weighted by molar-refractivity contribution is 0.102. The van der Waals surface area contributed by atoms with E-state index in [9.17, 15) is 4.79 Å². The first kappa shape index (κ1) is 20.0. The summed E-state index contributed by atoms with van der Waals surface area (Å²) in [6.07, 6.45) is 5.79. The Kier molecular flexibility index (Phi) is 8.20. The number of para-hydroxylation sites is 1. The Morgan fingerprint density at radius 3 is 2.42 bits per heavy atom. The summed E-state index contributed by atoms with van der Waals surface area (Å²) in [4.78, 5) is 12.6. The molecule has 0 radical (unpaired) electrons. The van der Waals surface area contributed by atoms with E-state index in [1.165, 1.54) is 24.8 Å². The van der Waals surface area contributed by atoms with Crippen LogP contribution in [0, 0.1) is 0 Å². The minimum atomic E-state index is -0.0877. The normalized spacial score (nSPS) is 11.8. The van der Waals surface area contributed by atoms with Gasteiger partial charge in [-0.2, -0.15) is 0 Å². The van der Waals surface area contributed by atoms with Gasteiger partial charge in [0, 0.05) is 11.3 Å². The quantitative estimate of drug-likeness (QED) is 0.501. The standard InChI is InChI=1S/C23H31NO2/c1-4-6-7-10-17-26-20-15-13-19(14-16-20)23(25)24-22-12-9-8-11-21(22)18(3)5-2/h8-9,11-16,18H,4-7,10,17H2,1-3H3,(H,24,25)/t18-/m0/s1. The largest absolute Gasteiger partial charge is 0.494 e. The van der Waals surface area contributed by atoms with Gasteiger partial charge in [-0.1, -0.05) is 58.2 Å². The highest BCUT2D eigenvalue weighted by Crippen LogP contribution is 2.27. The van der Waals surface area contributed by atoms with Crippen molar-refractivity contribution in [2.75, 3.05) is 11.9 Å². The number of rotatable bonds is 10. The van der Waals surface area contributed by atoms with Gasteiger partial charge in [-0.25, -0.2) is 0 Å². The van der Waals surface area contributed by atoms with E-state index in [-0.39, 0.29) is 5.91 Å². The van der Waals surface area contributed by atoms with Crippen LogP contribution in [-0.2, 0) is 0 Å². The van der Waals surface area contributed by atoms with Gasteiger partial charge in [0.1, 0.15) is 5.75 Å². The van der Waals surface area contributed by atoms with Crippen LogP contribution in [0.25, 0.3) is 0 Å². The molecule has 0 aliphatic heterocycles. The van der Waals surface area contributed by atoms with Crippen molar-refractivity contribution < 1.29 is 9.53 Å². The van der Waals surface area contributed by atoms with Crippen molar-refractivity contribution in [1.82, 2.24) is 0 Å². The number of anilines is 1. The van der Waals surface area contributed by atoms with E-state index >= 15 is 0 Å². The van der Waals surface area contributed by atoms with E-state index in [4.69, 9.17) is 4.74 Å². The lowest BCUT2D eigenvalue weighted by atomic mass is 9.97. The van der Waals surface area contributed by atoms with Crippen molar-refractivity contribution >= 4 is 11.6 Å². The molecular weight excluding hydrogens is 322 g/mol. The number of carbonyl (C=O) groups is 1. The zero-order valence-corrected chi connectivity index (χ0v) is 16.3. The van der Waals surface area contributed by atoms with Crippen LogP contribution in [-0.4, -0.2) is 12.5 Å². The van der Waals surface area contributed by atoms with E-state index < -0.39 is 0 Å². The molecule has 0 aliphatic rings. The van der Waals surface area contributed by atoms with Crippen LogP contribution in [0.2, 0.25) is 0 Å². The van der Waals surface area contributed by atoms with Gasteiger partial charge in [0.05, 0.1) is 6.61 Å². The fraction of sp³-hybridized carbons (Fsp3) is 0.435. The van der Waals surface area contributed by atoms with Gasteiger partial charge in [-0.3, -0.25) is 4.79 Å². The average molecular weight is 354 g/mol. The summed E-state index contributed by atoms with van der Waals surface area (Å²) < 4.78 is 5.74. The monoisotopic (exact) mass is 353 g/mol. The molecule has 0 aromatic heterocycles. The minimum absolute atomic E-state index is 0.0877. The van der Waals surface area contributed by atoms with Crippen molar-refractivity contribution in [2.45, 2.75) is 58.8 Å². The second-order valence-corrected chi connectivity index (χ2v) is 6.78. The van der Waals surface area contributed by atoms with Crippen LogP contribution < -0.4 is 10.1 Å². The maximum absolute atomic E-state index is 12.6. The Bertz CT molecular complexity index is 679. The predicted molar refractivity (Wildman–Crippen MR) is 109 cm³/mol. The summed E-state index contributed by atoms with van der Waals surface area (Å²) in [5.74, 6) is 1.14. The predicted octanol–water partition coefficient (Wildman–Crippen LogP) is 6.41. The van der Waals surface area contributed by atoms with Gasteiger partial charge in [0.25, 0.3) is 5.91 Å². The van der Waals surface area contributed by atoms with Gasteiger partial charge in [-0.15, -0.1) is 0 Å². The molecule has 0 fully saturated rings. The molecule has 0 aliphatic carbocycles. The van der Waals surface area contributed by atoms with E-state index in [0.717, 1.165) is 30.9 Å². The third-order valence-corrected chi connectivity index (χ3v) is 4.74. The Balaban J connectivity index is 1.94. The summed E-state index contributed by atoms with van der Waals surface area (Å²) in [7, 11) is 0. The van der Waals surface area contributed by atoms with Crippen molar-refractivity contribution in [3.63, 3.8) is 0 Å². The molecule has 0 spiro atoms. The number of hydrogen-bond donors (Lipinski definition) is 1. The molecule has 0 heterocycles. The fourth-order valence-corrected chi connectivity index (χ4v) is 2.88. The molecule has 2 aromatic carbocycles. The minimum Gasteiger partial charge on any atom is -0.494 e. The Hall–Kier alpha value is -2.29. The summed E-state index contributed by atoms with van der Waals surface area (Å²) >= 11 is 0. The molecule has 2 rings (SSSR count). The summed E-state index contributed by atoms with van der Waals surface area (Å²) in [5, 5.41) is 3.05. The number of benzene rings is 2. The molecule has 0 saturated heterocycles. The third-order valence-electron chi connectivity index (χ3n) is 4.74. The lowest BCUT2D eigenvalue weighted by Crippen LogP contribution is -2.13. The zero-order chi connectivity index (χ0) is 18.8. The molecule has 140 valence electrons. The molecule has 3 nitrogen and oxygen atoms in total. The zero-order valence-electron chi connectivity index (χ0n) is 16.3. The molecule has 26 heavy (non-hydrogen) atoms. The van der Waals surface area contributed by atoms with E-state index in [2.05, 4.69) is 32.2 Å². The van der Waals surface area contributed by atoms with Crippen LogP contribution in [0.5, 0.6) is 5.75 Å². The Morgan fingerprint density at radius 2 is 1.73 bits per heavy atom. The maximum atomic E-state index is 12.6. The lowest BCUT2D eigenvalue weighted by Gasteiger charge is -2.15. The molecule has 3 heteroatoms. The molecule has 1 atom stereocenters. The van der Waals surface area contributed by atoms with Gasteiger partial charge in [-0.05, 0) is 54.7 Å². The molecule has 0 bridgehead atoms. The van der Waals surface area contributed by atoms with E-state index in [0.29, 0.717) is 11.5 Å². The molecule has 0 unspecified atom stereocenters. The third kappa shape index (κ3) is 5.91. The number of carbonyl (C=O) groups excluding carboxylic acids is 1. The number of ether oxygens (including phenoxy) is 1. The van der Waals surface area contributed by atoms with E-state index in [1.54, 1.807) is 0 Å². The second-order valence-electron chi connectivity index (χ2n) is 6.78. The highest BCUT2D eigenvalue weighted by atomic mass is 16.5. The van der Waals surface area contributed by atoms with Crippen LogP contribution >= 0.6 is 0 Å². The number of hydrogen-bond acceptors (Lipinski definition) is 2. The van der Waals surface area contributed by atoms with Crippen molar-refractivity contribution in [1.29, 1.82) is 0 Å². The SMILES string of the molecule is CCCCCCOc1ccc(C(=O)Nc2ccccc2[C@@H](C)CC)cc1. The second kappa shape index (κ2) is 10.6. The first-order valence-corrected chi connectivity index (χ1v) is 9.78. The highest BCUT2D eigenvalue weighted by molar-refractivity contribution is 6.04. The van der Waals surface area contributed by atoms with Crippen LogP contribution in [0.4, 0.5) is 5.69 Å². The Morgan fingerprint density at radius 1 is 1.00 bits per heavy atom. The summed E-state index contributed by atoms with van der Waals surface area (Å²) in [6, 6.07) is 15.4. The van der Waals surface area contributed by atoms with Gasteiger partial charge in [0.15, 0.2) is 0 Å². The van der Waals surface area contributed by atoms with Crippen LogP contribution in [0.1, 0.15) is 74.7 Å². The topological polar surface area (TPSA) is 38.3 Å². The van der Waals surface area contributed by atoms with Gasteiger partial charge >= 0.3 is 0 Å². The fourth-order valence-electron chi connectivity index (χ4n) is 2.88. The highest BCUT2D eigenvalue weighted by Gasteiger charge is 2.12. The van der Waals surface area contributed by atoms with Crippen molar-refractivity contribution in [3.8, 4) is 5.75 Å². The Labute approximate surface area is 157 Å². The molecule has 1 N–H and O–H groups in total. The molecular formula is C23H31NO2. The van der Waals surface area contributed by atoms with Crippen LogP contribution in [0.15, 0.2) is 48.5 Å². The average Bonchev–Trinajstić information content (AvgIpc) is 2.68. The van der Waals surface area contributed by atoms with Gasteiger partial charge in [0.2, 0.25) is 0 Å². The molecule has 2 aromatic rings. The molecule has 1 amide bonds. The van der Waals surface area contributed by atoms with Crippen molar-refractivity contribution in [2.24, 2.45) is 0 Å². The number of nitrogens with one attached hydrogen (secondary N) is 1. The number of amides is 1. The number of unbranched alkanes of at least 4 members (excludes halogenated alkanes) is 3. The smallest absolute Gasteiger partial charge is 0.255 e. The molecule has 0 saturated carbocycles. The summed E-state index contributed by atoms with van der Waals surface area (Å²) in [6.45, 7) is 7.27.